The highest BCUT2D eigenvalue weighted by atomic mass is 16.7. The molecule has 1 amide bonds. The topological polar surface area (TPSA) is 42.4 Å². The number of hydrogen-bond acceptors (Lipinski definition) is 3. The largest absolute Gasteiger partial charge is 0.275 e. The molecule has 0 N–H and O–H groups in total. The van der Waals surface area contributed by atoms with Crippen molar-refractivity contribution < 1.29 is 9.63 Å². The Morgan fingerprint density at radius 2 is 1.95 bits per heavy atom. The Kier molecular flexibility index (Phi) is 6.84. The van der Waals surface area contributed by atoms with Gasteiger partial charge in [-0.25, -0.2) is 5.06 Å². The minimum absolute atomic E-state index is 0.0545. The molecule has 0 aliphatic heterocycles. The van der Waals surface area contributed by atoms with E-state index in [0.717, 1.165) is 38.5 Å². The number of carbonyl (C=O) groups is 1. The molecule has 0 aromatic carbocycles. The molecule has 0 fully saturated rings. The van der Waals surface area contributed by atoms with E-state index in [1.54, 1.807) is 7.05 Å². The molecule has 1 aliphatic rings. The van der Waals surface area contributed by atoms with Crippen LogP contribution in [-0.2, 0) is 28.9 Å². The van der Waals surface area contributed by atoms with Crippen LogP contribution >= 0.6 is 0 Å². The van der Waals surface area contributed by atoms with E-state index in [4.69, 9.17) is 9.82 Å². The van der Waals surface area contributed by atoms with Gasteiger partial charge in [0.05, 0.1) is 7.11 Å². The number of pyridine rings is 1. The molecule has 1 aromatic heterocycles. The molecule has 4 nitrogen and oxygen atoms in total. The first kappa shape index (κ1) is 16.9. The molecule has 0 radical (unpaired) electrons. The molecular formula is C18H28N2O2. The van der Waals surface area contributed by atoms with Crippen molar-refractivity contribution >= 4 is 5.91 Å². The Balaban J connectivity index is 1.62. The van der Waals surface area contributed by atoms with Gasteiger partial charge in [0.15, 0.2) is 0 Å². The van der Waals surface area contributed by atoms with Crippen molar-refractivity contribution in [3.63, 3.8) is 0 Å². The van der Waals surface area contributed by atoms with Gasteiger partial charge in [-0.1, -0.05) is 18.9 Å². The number of hydroxylamine groups is 2. The SMILES string of the molecule is CON(C)C(=O)CCCCCCc1ccc2c(n1)CCCC2. The summed E-state index contributed by atoms with van der Waals surface area (Å²) < 4.78 is 0. The number of aromatic nitrogens is 1. The highest BCUT2D eigenvalue weighted by Crippen LogP contribution is 2.20. The third-order valence-electron chi connectivity index (χ3n) is 4.43. The predicted octanol–water partition coefficient (Wildman–Crippen LogP) is 3.47. The van der Waals surface area contributed by atoms with E-state index in [1.807, 2.05) is 0 Å². The van der Waals surface area contributed by atoms with Gasteiger partial charge in [-0.15, -0.1) is 0 Å². The Hall–Kier alpha value is -1.42. The van der Waals surface area contributed by atoms with Crippen LogP contribution in [0.25, 0.3) is 0 Å². The van der Waals surface area contributed by atoms with Gasteiger partial charge >= 0.3 is 0 Å². The summed E-state index contributed by atoms with van der Waals surface area (Å²) in [6.45, 7) is 0. The summed E-state index contributed by atoms with van der Waals surface area (Å²) in [5.41, 5.74) is 4.02. The fraction of sp³-hybridized carbons (Fsp3) is 0.667. The number of carbonyl (C=O) groups excluding carboxylic acids is 1. The first-order valence-corrected chi connectivity index (χ1v) is 8.49. The maximum absolute atomic E-state index is 11.6. The van der Waals surface area contributed by atoms with Gasteiger partial charge in [0.2, 0.25) is 5.91 Å². The quantitative estimate of drug-likeness (QED) is 0.545. The third kappa shape index (κ3) is 5.09. The first-order chi connectivity index (χ1) is 10.7. The third-order valence-corrected chi connectivity index (χ3v) is 4.43. The Morgan fingerprint density at radius 3 is 2.77 bits per heavy atom. The summed E-state index contributed by atoms with van der Waals surface area (Å²) >= 11 is 0. The van der Waals surface area contributed by atoms with Crippen LogP contribution in [0.3, 0.4) is 0 Å². The van der Waals surface area contributed by atoms with Gasteiger partial charge in [0.25, 0.3) is 0 Å². The molecule has 0 spiro atoms. The number of rotatable bonds is 8. The molecule has 22 heavy (non-hydrogen) atoms. The number of amides is 1. The molecule has 1 aromatic rings. The molecule has 1 heterocycles. The second-order valence-corrected chi connectivity index (χ2v) is 6.10. The monoisotopic (exact) mass is 304 g/mol. The molecule has 0 saturated heterocycles. The molecule has 2 rings (SSSR count). The van der Waals surface area contributed by atoms with E-state index in [2.05, 4.69) is 12.1 Å². The van der Waals surface area contributed by atoms with Crippen molar-refractivity contribution in [2.45, 2.75) is 64.2 Å². The fourth-order valence-corrected chi connectivity index (χ4v) is 2.96. The van der Waals surface area contributed by atoms with Crippen molar-refractivity contribution in [2.75, 3.05) is 14.2 Å². The normalized spacial score (nSPS) is 13.7. The highest BCUT2D eigenvalue weighted by Gasteiger charge is 2.11. The smallest absolute Gasteiger partial charge is 0.245 e. The lowest BCUT2D eigenvalue weighted by atomic mass is 9.95. The predicted molar refractivity (Wildman–Crippen MR) is 87.4 cm³/mol. The van der Waals surface area contributed by atoms with Crippen LogP contribution in [-0.4, -0.2) is 30.1 Å². The summed E-state index contributed by atoms with van der Waals surface area (Å²) in [5.74, 6) is 0.0545. The maximum atomic E-state index is 11.6. The molecule has 0 bridgehead atoms. The van der Waals surface area contributed by atoms with Gasteiger partial charge in [-0.2, -0.15) is 0 Å². The minimum atomic E-state index is 0.0545. The lowest BCUT2D eigenvalue weighted by Crippen LogP contribution is -2.24. The van der Waals surface area contributed by atoms with E-state index in [9.17, 15) is 4.79 Å². The van der Waals surface area contributed by atoms with E-state index >= 15 is 0 Å². The standard InChI is InChI=1S/C18H28N2O2/c1-20(22-2)18(21)12-6-4-3-5-10-16-14-13-15-9-7-8-11-17(15)19-16/h13-14H,3-12H2,1-2H3. The molecule has 1 aliphatic carbocycles. The summed E-state index contributed by atoms with van der Waals surface area (Å²) in [6, 6.07) is 4.47. The zero-order valence-electron chi connectivity index (χ0n) is 13.9. The minimum Gasteiger partial charge on any atom is -0.275 e. The number of aryl methyl sites for hydroxylation is 3. The van der Waals surface area contributed by atoms with Crippen LogP contribution in [0.15, 0.2) is 12.1 Å². The molecule has 122 valence electrons. The van der Waals surface area contributed by atoms with Gasteiger partial charge in [-0.05, 0) is 56.6 Å². The number of unbranched alkanes of at least 4 members (excludes halogenated alkanes) is 3. The molecule has 0 unspecified atom stereocenters. The van der Waals surface area contributed by atoms with Gasteiger partial charge in [0.1, 0.15) is 0 Å². The number of fused-ring (bicyclic) bond motifs is 1. The van der Waals surface area contributed by atoms with Crippen LogP contribution in [0.2, 0.25) is 0 Å². The van der Waals surface area contributed by atoms with Crippen LogP contribution < -0.4 is 0 Å². The Labute approximate surface area is 133 Å². The lowest BCUT2D eigenvalue weighted by Gasteiger charge is -2.15. The summed E-state index contributed by atoms with van der Waals surface area (Å²) in [6.07, 6.45) is 10.9. The second kappa shape index (κ2) is 8.89. The number of nitrogens with zero attached hydrogens (tertiary/aromatic N) is 2. The molecule has 0 saturated carbocycles. The zero-order chi connectivity index (χ0) is 15.8. The first-order valence-electron chi connectivity index (χ1n) is 8.49. The van der Waals surface area contributed by atoms with Gasteiger partial charge in [-0.3, -0.25) is 14.6 Å². The average Bonchev–Trinajstić information content (AvgIpc) is 2.56. The van der Waals surface area contributed by atoms with E-state index < -0.39 is 0 Å². The van der Waals surface area contributed by atoms with Crippen molar-refractivity contribution in [1.29, 1.82) is 0 Å². The average molecular weight is 304 g/mol. The fourth-order valence-electron chi connectivity index (χ4n) is 2.96. The van der Waals surface area contributed by atoms with Gasteiger partial charge < -0.3 is 0 Å². The maximum Gasteiger partial charge on any atom is 0.245 e. The van der Waals surface area contributed by atoms with E-state index in [0.29, 0.717) is 6.42 Å². The van der Waals surface area contributed by atoms with Crippen molar-refractivity contribution in [3.8, 4) is 0 Å². The Morgan fingerprint density at radius 1 is 1.18 bits per heavy atom. The molecule has 4 heteroatoms. The van der Waals surface area contributed by atoms with Crippen LogP contribution in [0.1, 0.15) is 61.9 Å². The van der Waals surface area contributed by atoms with Crippen molar-refractivity contribution in [3.05, 3.63) is 29.1 Å². The van der Waals surface area contributed by atoms with Crippen molar-refractivity contribution in [1.82, 2.24) is 10.0 Å². The zero-order valence-corrected chi connectivity index (χ0v) is 13.9. The summed E-state index contributed by atoms with van der Waals surface area (Å²) in [4.78, 5) is 21.2. The van der Waals surface area contributed by atoms with Crippen LogP contribution in [0.4, 0.5) is 0 Å². The van der Waals surface area contributed by atoms with Crippen LogP contribution in [0.5, 0.6) is 0 Å². The van der Waals surface area contributed by atoms with Gasteiger partial charge in [0, 0.05) is 24.9 Å². The lowest BCUT2D eigenvalue weighted by molar-refractivity contribution is -0.168. The molecular weight excluding hydrogens is 276 g/mol. The Bertz CT molecular complexity index is 488. The summed E-state index contributed by atoms with van der Waals surface area (Å²) in [5, 5.41) is 1.30. The summed E-state index contributed by atoms with van der Waals surface area (Å²) in [7, 11) is 3.17. The highest BCUT2D eigenvalue weighted by molar-refractivity contribution is 5.74. The number of hydrogen-bond donors (Lipinski definition) is 0. The van der Waals surface area contributed by atoms with E-state index in [1.165, 1.54) is 48.4 Å². The second-order valence-electron chi connectivity index (χ2n) is 6.10. The van der Waals surface area contributed by atoms with E-state index in [-0.39, 0.29) is 5.91 Å². The van der Waals surface area contributed by atoms with Crippen LogP contribution in [0, 0.1) is 0 Å². The molecule has 0 atom stereocenters. The van der Waals surface area contributed by atoms with Crippen molar-refractivity contribution in [2.24, 2.45) is 0 Å².